The van der Waals surface area contributed by atoms with Gasteiger partial charge in [0, 0.05) is 12.3 Å². The van der Waals surface area contributed by atoms with Crippen LogP contribution in [0.4, 0.5) is 23.2 Å². The first-order chi connectivity index (χ1) is 13.0. The number of anilines is 1. The van der Waals surface area contributed by atoms with Gasteiger partial charge in [-0.2, -0.15) is 13.2 Å². The van der Waals surface area contributed by atoms with Crippen LogP contribution in [0.25, 0.3) is 0 Å². The molecule has 28 heavy (non-hydrogen) atoms. The Bertz CT molecular complexity index is 859. The second kappa shape index (κ2) is 8.87. The fourth-order valence-electron chi connectivity index (χ4n) is 1.85. The quantitative estimate of drug-likeness (QED) is 0.564. The number of benzene rings is 1. The number of hydrogen-bond acceptors (Lipinski definition) is 5. The summed E-state index contributed by atoms with van der Waals surface area (Å²) < 4.78 is 58.6. The van der Waals surface area contributed by atoms with Crippen molar-refractivity contribution in [3.05, 3.63) is 52.9 Å². The summed E-state index contributed by atoms with van der Waals surface area (Å²) in [5.41, 5.74) is 0.0302. The fourth-order valence-corrected chi connectivity index (χ4v) is 2.06. The van der Waals surface area contributed by atoms with E-state index >= 15 is 0 Å². The SMILES string of the molecule is CC(OC(=O)c1ccc(OCC(F)(F)F)nc1)C(=O)Nc1ccc(F)cc1Cl. The van der Waals surface area contributed by atoms with E-state index in [0.717, 1.165) is 30.5 Å². The summed E-state index contributed by atoms with van der Waals surface area (Å²) in [7, 11) is 0. The topological polar surface area (TPSA) is 77.5 Å². The van der Waals surface area contributed by atoms with Crippen LogP contribution < -0.4 is 10.1 Å². The summed E-state index contributed by atoms with van der Waals surface area (Å²) in [6.45, 7) is -0.230. The number of carbonyl (C=O) groups excluding carboxylic acids is 2. The average molecular weight is 421 g/mol. The largest absolute Gasteiger partial charge is 0.468 e. The number of halogens is 5. The third-order valence-corrected chi connectivity index (χ3v) is 3.51. The maximum atomic E-state index is 13.0. The molecular weight excluding hydrogens is 408 g/mol. The van der Waals surface area contributed by atoms with Gasteiger partial charge in [-0.1, -0.05) is 11.6 Å². The van der Waals surface area contributed by atoms with E-state index in [1.54, 1.807) is 0 Å². The number of nitrogens with zero attached hydrogens (tertiary/aromatic N) is 1. The molecule has 0 fully saturated rings. The third kappa shape index (κ3) is 6.38. The first kappa shape index (κ1) is 21.4. The van der Waals surface area contributed by atoms with Crippen molar-refractivity contribution in [2.45, 2.75) is 19.2 Å². The normalized spacial score (nSPS) is 12.2. The second-order valence-corrected chi connectivity index (χ2v) is 5.86. The Morgan fingerprint density at radius 2 is 1.96 bits per heavy atom. The second-order valence-electron chi connectivity index (χ2n) is 5.45. The van der Waals surface area contributed by atoms with Crippen molar-refractivity contribution in [1.82, 2.24) is 4.98 Å². The van der Waals surface area contributed by atoms with E-state index in [0.29, 0.717) is 0 Å². The van der Waals surface area contributed by atoms with Crippen molar-refractivity contribution in [3.8, 4) is 5.88 Å². The van der Waals surface area contributed by atoms with E-state index < -0.39 is 36.6 Å². The molecule has 1 atom stereocenters. The summed E-state index contributed by atoms with van der Waals surface area (Å²) in [5.74, 6) is -2.56. The predicted octanol–water partition coefficient (Wildman–Crippen LogP) is 4.00. The minimum Gasteiger partial charge on any atom is -0.468 e. The summed E-state index contributed by atoms with van der Waals surface area (Å²) in [6.07, 6.45) is -4.81. The van der Waals surface area contributed by atoms with Gasteiger partial charge in [-0.3, -0.25) is 4.79 Å². The van der Waals surface area contributed by atoms with Gasteiger partial charge in [0.2, 0.25) is 5.88 Å². The number of hydrogen-bond donors (Lipinski definition) is 1. The molecule has 0 bridgehead atoms. The van der Waals surface area contributed by atoms with E-state index in [-0.39, 0.29) is 22.2 Å². The van der Waals surface area contributed by atoms with Crippen LogP contribution in [0.3, 0.4) is 0 Å². The molecule has 1 heterocycles. The summed E-state index contributed by atoms with van der Waals surface area (Å²) >= 11 is 5.80. The number of pyridine rings is 1. The lowest BCUT2D eigenvalue weighted by atomic mass is 10.2. The zero-order valence-corrected chi connectivity index (χ0v) is 15.0. The van der Waals surface area contributed by atoms with Crippen LogP contribution in [-0.4, -0.2) is 35.7 Å². The van der Waals surface area contributed by atoms with Gasteiger partial charge in [0.05, 0.1) is 16.3 Å². The Morgan fingerprint density at radius 1 is 1.25 bits per heavy atom. The fraction of sp³-hybridized carbons (Fsp3) is 0.235. The monoisotopic (exact) mass is 420 g/mol. The van der Waals surface area contributed by atoms with Crippen LogP contribution in [-0.2, 0) is 9.53 Å². The van der Waals surface area contributed by atoms with E-state index in [1.807, 2.05) is 0 Å². The number of aromatic nitrogens is 1. The Morgan fingerprint density at radius 3 is 2.54 bits per heavy atom. The van der Waals surface area contributed by atoms with Gasteiger partial charge in [0.1, 0.15) is 5.82 Å². The van der Waals surface area contributed by atoms with Crippen LogP contribution in [0.1, 0.15) is 17.3 Å². The van der Waals surface area contributed by atoms with Gasteiger partial charge in [-0.15, -0.1) is 0 Å². The molecule has 0 aliphatic carbocycles. The van der Waals surface area contributed by atoms with Gasteiger partial charge < -0.3 is 14.8 Å². The predicted molar refractivity (Wildman–Crippen MR) is 90.7 cm³/mol. The van der Waals surface area contributed by atoms with Crippen molar-refractivity contribution < 1.29 is 36.6 Å². The van der Waals surface area contributed by atoms with Gasteiger partial charge >= 0.3 is 12.1 Å². The van der Waals surface area contributed by atoms with Gasteiger partial charge in [0.25, 0.3) is 5.91 Å². The van der Waals surface area contributed by atoms with E-state index in [4.69, 9.17) is 16.3 Å². The molecule has 0 spiro atoms. The minimum absolute atomic E-state index is 0.0366. The molecule has 1 amide bonds. The number of rotatable bonds is 6. The highest BCUT2D eigenvalue weighted by atomic mass is 35.5. The molecule has 0 saturated carbocycles. The summed E-state index contributed by atoms with van der Waals surface area (Å²) in [4.78, 5) is 27.6. The maximum absolute atomic E-state index is 13.0. The zero-order chi connectivity index (χ0) is 20.9. The number of carbonyl (C=O) groups is 2. The number of alkyl halides is 3. The van der Waals surface area contributed by atoms with Crippen molar-refractivity contribution in [1.29, 1.82) is 0 Å². The Balaban J connectivity index is 1.93. The minimum atomic E-state index is -4.52. The van der Waals surface area contributed by atoms with E-state index in [1.165, 1.54) is 13.0 Å². The lowest BCUT2D eigenvalue weighted by Gasteiger charge is -2.14. The lowest BCUT2D eigenvalue weighted by Crippen LogP contribution is -2.30. The molecule has 6 nitrogen and oxygen atoms in total. The molecule has 0 aliphatic heterocycles. The Labute approximate surface area is 161 Å². The number of esters is 1. The maximum Gasteiger partial charge on any atom is 0.422 e. The molecule has 1 unspecified atom stereocenters. The summed E-state index contributed by atoms with van der Waals surface area (Å²) in [5, 5.41) is 2.34. The van der Waals surface area contributed by atoms with Crippen molar-refractivity contribution in [2.24, 2.45) is 0 Å². The van der Waals surface area contributed by atoms with Gasteiger partial charge in [-0.25, -0.2) is 14.2 Å². The molecule has 2 rings (SSSR count). The first-order valence-corrected chi connectivity index (χ1v) is 8.05. The molecule has 11 heteroatoms. The number of nitrogens with one attached hydrogen (secondary N) is 1. The van der Waals surface area contributed by atoms with Crippen LogP contribution in [0.5, 0.6) is 5.88 Å². The lowest BCUT2D eigenvalue weighted by molar-refractivity contribution is -0.154. The highest BCUT2D eigenvalue weighted by Gasteiger charge is 2.28. The number of ether oxygens (including phenoxy) is 2. The molecule has 1 N–H and O–H groups in total. The van der Waals surface area contributed by atoms with Crippen LogP contribution >= 0.6 is 11.6 Å². The molecule has 0 saturated heterocycles. The van der Waals surface area contributed by atoms with Crippen molar-refractivity contribution in [3.63, 3.8) is 0 Å². The molecule has 0 aliphatic rings. The standard InChI is InChI=1S/C17H13ClF4N2O4/c1-9(15(25)24-13-4-3-11(19)6-12(13)18)28-16(26)10-2-5-14(23-7-10)27-8-17(20,21)22/h2-7,9H,8H2,1H3,(H,24,25). The smallest absolute Gasteiger partial charge is 0.422 e. The van der Waals surface area contributed by atoms with Crippen LogP contribution in [0, 0.1) is 5.82 Å². The first-order valence-electron chi connectivity index (χ1n) is 7.67. The molecule has 150 valence electrons. The van der Waals surface area contributed by atoms with Gasteiger partial charge in [0.15, 0.2) is 12.7 Å². The third-order valence-electron chi connectivity index (χ3n) is 3.20. The van der Waals surface area contributed by atoms with E-state index in [9.17, 15) is 27.2 Å². The highest BCUT2D eigenvalue weighted by molar-refractivity contribution is 6.33. The van der Waals surface area contributed by atoms with Gasteiger partial charge in [-0.05, 0) is 31.2 Å². The van der Waals surface area contributed by atoms with Crippen molar-refractivity contribution in [2.75, 3.05) is 11.9 Å². The highest BCUT2D eigenvalue weighted by Crippen LogP contribution is 2.23. The Kier molecular flexibility index (Phi) is 6.79. The number of amides is 1. The van der Waals surface area contributed by atoms with Crippen molar-refractivity contribution >= 4 is 29.2 Å². The molecule has 1 aromatic carbocycles. The zero-order valence-electron chi connectivity index (χ0n) is 14.2. The molecule has 0 radical (unpaired) electrons. The summed E-state index contributed by atoms with van der Waals surface area (Å²) in [6, 6.07) is 5.54. The molecule has 1 aromatic heterocycles. The van der Waals surface area contributed by atoms with Crippen LogP contribution in [0.2, 0.25) is 5.02 Å². The average Bonchev–Trinajstić information content (AvgIpc) is 2.62. The Hall–Kier alpha value is -2.88. The van der Waals surface area contributed by atoms with E-state index in [2.05, 4.69) is 15.0 Å². The van der Waals surface area contributed by atoms with Crippen LogP contribution in [0.15, 0.2) is 36.5 Å². The molecular formula is C17H13ClF4N2O4. The molecule has 2 aromatic rings.